The molecule has 2 N–H and O–H groups in total. The number of nitrogens with one attached hydrogen (secondary N) is 1. The predicted octanol–water partition coefficient (Wildman–Crippen LogP) is 0.112. The van der Waals surface area contributed by atoms with Gasteiger partial charge in [0.2, 0.25) is 5.91 Å². The summed E-state index contributed by atoms with van der Waals surface area (Å²) in [6, 6.07) is -0.0151. The van der Waals surface area contributed by atoms with E-state index in [0.717, 1.165) is 38.8 Å². The molecule has 86 valence electrons. The first-order valence-corrected chi connectivity index (χ1v) is 5.89. The second-order valence-corrected chi connectivity index (χ2v) is 4.74. The second-order valence-electron chi connectivity index (χ2n) is 4.74. The number of β-amino-alcohol motifs (C(OH)–C–C–N with tert-alkyl or cyclic N) is 1. The van der Waals surface area contributed by atoms with Crippen molar-refractivity contribution in [2.75, 3.05) is 19.6 Å². The number of hydrogen-bond acceptors (Lipinski definition) is 3. The van der Waals surface area contributed by atoms with Gasteiger partial charge in [-0.3, -0.25) is 4.79 Å². The Labute approximate surface area is 90.6 Å². The van der Waals surface area contributed by atoms with Crippen LogP contribution in [0.15, 0.2) is 0 Å². The molecule has 0 aromatic heterocycles. The summed E-state index contributed by atoms with van der Waals surface area (Å²) in [5.74, 6) is 0.164. The number of likely N-dealkylation sites (N-methyl/N-ethyl adjacent to an activating group) is 1. The molecule has 15 heavy (non-hydrogen) atoms. The number of carbonyl (C=O) groups is 1. The van der Waals surface area contributed by atoms with Gasteiger partial charge >= 0.3 is 0 Å². The lowest BCUT2D eigenvalue weighted by Gasteiger charge is -2.39. The number of carbonyl (C=O) groups excluding carboxylic acids is 1. The lowest BCUT2D eigenvalue weighted by atomic mass is 9.80. The van der Waals surface area contributed by atoms with Crippen LogP contribution in [0.1, 0.15) is 32.6 Å². The molecule has 0 aromatic carbocycles. The van der Waals surface area contributed by atoms with Crippen LogP contribution in [-0.2, 0) is 4.79 Å². The summed E-state index contributed by atoms with van der Waals surface area (Å²) < 4.78 is 0. The standard InChI is InChI=1S/C11H20N2O2/c1-2-12-9-4-7-13(10(9)14)8-11(15)5-3-6-11/h9,12,15H,2-8H2,1H3. The molecular formula is C11H20N2O2. The van der Waals surface area contributed by atoms with Gasteiger partial charge in [0.1, 0.15) is 0 Å². The topological polar surface area (TPSA) is 52.6 Å². The van der Waals surface area contributed by atoms with E-state index in [1.54, 1.807) is 0 Å². The Hall–Kier alpha value is -0.610. The van der Waals surface area contributed by atoms with Crippen molar-refractivity contribution in [2.45, 2.75) is 44.2 Å². The summed E-state index contributed by atoms with van der Waals surface area (Å²) >= 11 is 0. The zero-order valence-corrected chi connectivity index (χ0v) is 9.33. The van der Waals surface area contributed by atoms with Crippen molar-refractivity contribution >= 4 is 5.91 Å². The lowest BCUT2D eigenvalue weighted by Crippen LogP contribution is -2.50. The molecule has 0 bridgehead atoms. The van der Waals surface area contributed by atoms with E-state index in [2.05, 4.69) is 5.32 Å². The van der Waals surface area contributed by atoms with Gasteiger partial charge in [-0.05, 0) is 32.2 Å². The van der Waals surface area contributed by atoms with Crippen molar-refractivity contribution in [3.63, 3.8) is 0 Å². The zero-order valence-electron chi connectivity index (χ0n) is 9.33. The van der Waals surface area contributed by atoms with E-state index in [9.17, 15) is 9.90 Å². The number of nitrogens with zero attached hydrogens (tertiary/aromatic N) is 1. The van der Waals surface area contributed by atoms with E-state index >= 15 is 0 Å². The van der Waals surface area contributed by atoms with Crippen LogP contribution in [0.4, 0.5) is 0 Å². The second kappa shape index (κ2) is 4.10. The van der Waals surface area contributed by atoms with Gasteiger partial charge in [0.15, 0.2) is 0 Å². The monoisotopic (exact) mass is 212 g/mol. The molecule has 4 nitrogen and oxygen atoms in total. The Morgan fingerprint density at radius 3 is 2.87 bits per heavy atom. The van der Waals surface area contributed by atoms with Crippen molar-refractivity contribution in [1.29, 1.82) is 0 Å². The average Bonchev–Trinajstić information content (AvgIpc) is 2.48. The molecule has 0 aromatic rings. The van der Waals surface area contributed by atoms with Crippen LogP contribution in [0.5, 0.6) is 0 Å². The van der Waals surface area contributed by atoms with Crippen LogP contribution in [0.3, 0.4) is 0 Å². The number of hydrogen-bond donors (Lipinski definition) is 2. The van der Waals surface area contributed by atoms with Gasteiger partial charge in [0.25, 0.3) is 0 Å². The van der Waals surface area contributed by atoms with Crippen LogP contribution >= 0.6 is 0 Å². The quantitative estimate of drug-likeness (QED) is 0.695. The highest BCUT2D eigenvalue weighted by atomic mass is 16.3. The molecule has 1 saturated heterocycles. The Morgan fingerprint density at radius 2 is 2.33 bits per heavy atom. The Kier molecular flexibility index (Phi) is 2.98. The molecule has 4 heteroatoms. The van der Waals surface area contributed by atoms with E-state index in [1.807, 2.05) is 11.8 Å². The highest BCUT2D eigenvalue weighted by Gasteiger charge is 2.40. The Balaban J connectivity index is 1.86. The maximum absolute atomic E-state index is 11.9. The molecule has 2 rings (SSSR count). The normalized spacial score (nSPS) is 29.3. The van der Waals surface area contributed by atoms with Gasteiger partial charge in [0, 0.05) is 13.1 Å². The van der Waals surface area contributed by atoms with Crippen LogP contribution < -0.4 is 5.32 Å². The van der Waals surface area contributed by atoms with Crippen LogP contribution in [0, 0.1) is 0 Å². The van der Waals surface area contributed by atoms with Crippen LogP contribution in [-0.4, -0.2) is 47.2 Å². The van der Waals surface area contributed by atoms with Gasteiger partial charge in [0.05, 0.1) is 11.6 Å². The number of aliphatic hydroxyl groups is 1. The Bertz CT molecular complexity index is 251. The van der Waals surface area contributed by atoms with Crippen molar-refractivity contribution < 1.29 is 9.90 Å². The molecule has 2 aliphatic rings. The fourth-order valence-corrected chi connectivity index (χ4v) is 2.43. The molecule has 1 heterocycles. The van der Waals surface area contributed by atoms with Crippen LogP contribution in [0.25, 0.3) is 0 Å². The van der Waals surface area contributed by atoms with Crippen molar-refractivity contribution in [1.82, 2.24) is 10.2 Å². The molecular weight excluding hydrogens is 192 g/mol. The highest BCUT2D eigenvalue weighted by Crippen LogP contribution is 2.33. The number of rotatable bonds is 4. The molecule has 2 fully saturated rings. The summed E-state index contributed by atoms with van der Waals surface area (Å²) in [7, 11) is 0. The van der Waals surface area contributed by atoms with Gasteiger partial charge in [-0.15, -0.1) is 0 Å². The summed E-state index contributed by atoms with van der Waals surface area (Å²) in [5, 5.41) is 13.2. The van der Waals surface area contributed by atoms with E-state index < -0.39 is 5.60 Å². The smallest absolute Gasteiger partial charge is 0.239 e. The van der Waals surface area contributed by atoms with E-state index in [4.69, 9.17) is 0 Å². The first-order chi connectivity index (χ1) is 7.14. The first-order valence-electron chi connectivity index (χ1n) is 5.89. The molecule has 0 spiro atoms. The SMILES string of the molecule is CCNC1CCN(CC2(O)CCC2)C1=O. The van der Waals surface area contributed by atoms with Gasteiger partial charge in [-0.1, -0.05) is 6.92 Å². The van der Waals surface area contributed by atoms with Crippen molar-refractivity contribution in [3.05, 3.63) is 0 Å². The molecule has 1 aliphatic heterocycles. The van der Waals surface area contributed by atoms with E-state index in [-0.39, 0.29) is 11.9 Å². The minimum absolute atomic E-state index is 0.0151. The highest BCUT2D eigenvalue weighted by molar-refractivity contribution is 5.84. The maximum Gasteiger partial charge on any atom is 0.239 e. The van der Waals surface area contributed by atoms with Gasteiger partial charge in [-0.2, -0.15) is 0 Å². The average molecular weight is 212 g/mol. The fourth-order valence-electron chi connectivity index (χ4n) is 2.43. The molecule has 1 aliphatic carbocycles. The van der Waals surface area contributed by atoms with Crippen LogP contribution in [0.2, 0.25) is 0 Å². The van der Waals surface area contributed by atoms with Crippen molar-refractivity contribution in [2.24, 2.45) is 0 Å². The minimum atomic E-state index is -0.573. The summed E-state index contributed by atoms with van der Waals surface area (Å²) in [4.78, 5) is 13.7. The molecule has 1 amide bonds. The summed E-state index contributed by atoms with van der Waals surface area (Å²) in [6.07, 6.45) is 3.67. The molecule has 1 saturated carbocycles. The van der Waals surface area contributed by atoms with E-state index in [0.29, 0.717) is 6.54 Å². The largest absolute Gasteiger partial charge is 0.388 e. The predicted molar refractivity (Wildman–Crippen MR) is 57.5 cm³/mol. The lowest BCUT2D eigenvalue weighted by molar-refractivity contribution is -0.135. The third-order valence-electron chi connectivity index (χ3n) is 3.52. The molecule has 1 unspecified atom stereocenters. The van der Waals surface area contributed by atoms with Gasteiger partial charge < -0.3 is 15.3 Å². The summed E-state index contributed by atoms with van der Waals surface area (Å²) in [6.45, 7) is 4.16. The maximum atomic E-state index is 11.9. The fraction of sp³-hybridized carbons (Fsp3) is 0.909. The third kappa shape index (κ3) is 2.16. The third-order valence-corrected chi connectivity index (χ3v) is 3.52. The first kappa shape index (κ1) is 10.9. The Morgan fingerprint density at radius 1 is 1.60 bits per heavy atom. The van der Waals surface area contributed by atoms with Gasteiger partial charge in [-0.25, -0.2) is 0 Å². The van der Waals surface area contributed by atoms with E-state index in [1.165, 1.54) is 0 Å². The van der Waals surface area contributed by atoms with Crippen molar-refractivity contribution in [3.8, 4) is 0 Å². The zero-order chi connectivity index (χ0) is 10.9. The summed E-state index contributed by atoms with van der Waals surface area (Å²) in [5.41, 5.74) is -0.573. The number of likely N-dealkylation sites (tertiary alicyclic amines) is 1. The molecule has 1 atom stereocenters. The number of amides is 1. The molecule has 0 radical (unpaired) electrons. The minimum Gasteiger partial charge on any atom is -0.388 e.